The molecule has 18 aromatic carbocycles. The van der Waals surface area contributed by atoms with Crippen molar-refractivity contribution in [1.29, 1.82) is 0 Å². The standard InChI is InChI=1S/C104H64N2O2S2/c1-3-19-65(20-4-1)70-24-15-26-79(60-70)105(93-34-12-9-29-83(93)87-32-17-36-95-101(87)89-55-43-69-23-7-8-28-81(69)103(89)107-95)77-49-39-67(40-50-77)73-47-57-98-91(62-73)92-63-74(48-58-99(92)109-98)72-44-53-82-76(59-72)46-56-90-102-88(33-18-37-96(102)108-104(82)90)84-30-10-13-35-94(84)106(80-27-16-25-71(61-80)66-21-5-2-6-22-66)78-51-41-68(42-52-78)75-45-54-86-85-31-11-14-38-97(85)110-100(86)64-75/h1-64H. The Morgan fingerprint density at radius 1 is 0.191 bits per heavy atom. The molecule has 22 aromatic rings. The van der Waals surface area contributed by atoms with E-state index in [-0.39, 0.29) is 0 Å². The summed E-state index contributed by atoms with van der Waals surface area (Å²) in [5.74, 6) is 0. The lowest BCUT2D eigenvalue weighted by atomic mass is 9.95. The van der Waals surface area contributed by atoms with E-state index in [0.29, 0.717) is 0 Å². The van der Waals surface area contributed by atoms with Crippen LogP contribution in [0.5, 0.6) is 0 Å². The third kappa shape index (κ3) is 10.7. The number of anilines is 6. The molecular weight excluding hydrogens is 1370 g/mol. The lowest BCUT2D eigenvalue weighted by Crippen LogP contribution is -2.11. The fourth-order valence-corrected chi connectivity index (χ4v) is 19.2. The van der Waals surface area contributed by atoms with Crippen LogP contribution in [0.2, 0.25) is 0 Å². The Bertz CT molecular complexity index is 7410. The van der Waals surface area contributed by atoms with Gasteiger partial charge in [-0.2, -0.15) is 0 Å². The number of nitrogens with zero attached hydrogens (tertiary/aromatic N) is 2. The van der Waals surface area contributed by atoms with E-state index in [4.69, 9.17) is 8.83 Å². The Balaban J connectivity index is 0.598. The summed E-state index contributed by atoms with van der Waals surface area (Å²) in [5, 5.41) is 14.0. The van der Waals surface area contributed by atoms with Crippen LogP contribution in [0.4, 0.5) is 34.1 Å². The highest BCUT2D eigenvalue weighted by atomic mass is 32.1. The molecule has 0 saturated carbocycles. The molecule has 22 rings (SSSR count). The van der Waals surface area contributed by atoms with Gasteiger partial charge < -0.3 is 18.6 Å². The Kier molecular flexibility index (Phi) is 15.0. The Morgan fingerprint density at radius 3 is 1.15 bits per heavy atom. The zero-order valence-corrected chi connectivity index (χ0v) is 61.1. The van der Waals surface area contributed by atoms with Gasteiger partial charge in [0.05, 0.1) is 11.4 Å². The third-order valence-electron chi connectivity index (χ3n) is 22.3. The predicted octanol–water partition coefficient (Wildman–Crippen LogP) is 31.1. The van der Waals surface area contributed by atoms with Crippen LogP contribution >= 0.6 is 22.7 Å². The van der Waals surface area contributed by atoms with Crippen molar-refractivity contribution in [3.63, 3.8) is 0 Å². The quantitative estimate of drug-likeness (QED) is 0.115. The summed E-state index contributed by atoms with van der Waals surface area (Å²) >= 11 is 3.71. The minimum absolute atomic E-state index is 0.850. The third-order valence-corrected chi connectivity index (χ3v) is 24.5. The second kappa shape index (κ2) is 26.0. The molecule has 514 valence electrons. The molecule has 0 atom stereocenters. The zero-order valence-electron chi connectivity index (χ0n) is 59.5. The summed E-state index contributed by atoms with van der Waals surface area (Å²) < 4.78 is 19.0. The van der Waals surface area contributed by atoms with Crippen LogP contribution in [-0.4, -0.2) is 0 Å². The van der Waals surface area contributed by atoms with Crippen LogP contribution in [-0.2, 0) is 0 Å². The van der Waals surface area contributed by atoms with Crippen molar-refractivity contribution in [2.24, 2.45) is 0 Å². The predicted molar refractivity (Wildman–Crippen MR) is 469 cm³/mol. The maximum Gasteiger partial charge on any atom is 0.143 e. The van der Waals surface area contributed by atoms with E-state index in [0.717, 1.165) is 144 Å². The molecule has 0 amide bonds. The number of furan rings is 2. The zero-order chi connectivity index (χ0) is 72.3. The summed E-state index contributed by atoms with van der Waals surface area (Å²) in [4.78, 5) is 4.83. The van der Waals surface area contributed by atoms with Crippen molar-refractivity contribution < 1.29 is 8.83 Å². The van der Waals surface area contributed by atoms with Gasteiger partial charge >= 0.3 is 0 Å². The van der Waals surface area contributed by atoms with Crippen molar-refractivity contribution in [3.8, 4) is 77.9 Å². The highest BCUT2D eigenvalue weighted by Crippen LogP contribution is 2.51. The topological polar surface area (TPSA) is 32.8 Å². The highest BCUT2D eigenvalue weighted by Gasteiger charge is 2.25. The molecule has 110 heavy (non-hydrogen) atoms. The molecule has 4 heterocycles. The van der Waals surface area contributed by atoms with Gasteiger partial charge in [0, 0.05) is 107 Å². The lowest BCUT2D eigenvalue weighted by Gasteiger charge is -2.28. The van der Waals surface area contributed by atoms with E-state index in [2.05, 4.69) is 398 Å². The molecule has 4 aromatic heterocycles. The van der Waals surface area contributed by atoms with Crippen molar-refractivity contribution in [3.05, 3.63) is 388 Å². The minimum Gasteiger partial charge on any atom is -0.455 e. The maximum absolute atomic E-state index is 7.06. The van der Waals surface area contributed by atoms with Gasteiger partial charge in [-0.25, -0.2) is 0 Å². The van der Waals surface area contributed by atoms with E-state index in [1.54, 1.807) is 0 Å². The van der Waals surface area contributed by atoms with Crippen LogP contribution < -0.4 is 9.80 Å². The largest absolute Gasteiger partial charge is 0.455 e. The van der Waals surface area contributed by atoms with Crippen molar-refractivity contribution >= 4 is 163 Å². The molecule has 0 aliphatic carbocycles. The van der Waals surface area contributed by atoms with Crippen LogP contribution in [0.1, 0.15) is 0 Å². The molecule has 0 saturated heterocycles. The average molecular weight is 1440 g/mol. The van der Waals surface area contributed by atoms with Crippen LogP contribution in [0.25, 0.3) is 184 Å². The first-order chi connectivity index (χ1) is 54.5. The number of hydrogen-bond donors (Lipinski definition) is 0. The molecule has 6 heteroatoms. The van der Waals surface area contributed by atoms with Gasteiger partial charge in [0.2, 0.25) is 0 Å². The summed E-state index contributed by atoms with van der Waals surface area (Å²) in [7, 11) is 0. The molecule has 0 N–H and O–H groups in total. The molecule has 0 bridgehead atoms. The number of benzene rings is 18. The van der Waals surface area contributed by atoms with Gasteiger partial charge in [-0.05, 0) is 211 Å². The van der Waals surface area contributed by atoms with Crippen LogP contribution in [0.15, 0.2) is 397 Å². The second-order valence-corrected chi connectivity index (χ2v) is 30.7. The van der Waals surface area contributed by atoms with E-state index in [1.165, 1.54) is 73.7 Å². The highest BCUT2D eigenvalue weighted by molar-refractivity contribution is 7.26. The van der Waals surface area contributed by atoms with Crippen LogP contribution in [0.3, 0.4) is 0 Å². The SMILES string of the molecule is c1ccc(-c2cccc(N(c3ccc(-c4ccc5sc6ccc(-c7ccc8c(ccc9c8oc8cccc(-c%10ccccc%10N(c%10ccc(-c%11ccc%12c(c%11)sc%11ccccc%11%12)cc%10)c%10cccc(-c%11ccccc%11)c%10)c89)c7)cc6c5c4)cc3)c3ccccc3-c3cccc4oc5c6ccccc6ccc5c34)c2)cc1. The summed E-state index contributed by atoms with van der Waals surface area (Å²) in [6.07, 6.45) is 0. The Labute approximate surface area is 642 Å². The first-order valence-corrected chi connectivity index (χ1v) is 39.0. The molecule has 4 nitrogen and oxygen atoms in total. The van der Waals surface area contributed by atoms with Gasteiger partial charge in [0.15, 0.2) is 0 Å². The normalized spacial score (nSPS) is 11.8. The summed E-state index contributed by atoms with van der Waals surface area (Å²) in [6.45, 7) is 0. The smallest absolute Gasteiger partial charge is 0.143 e. The number of fused-ring (bicyclic) bond motifs is 16. The monoisotopic (exact) mass is 1440 g/mol. The maximum atomic E-state index is 7.06. The molecule has 0 radical (unpaired) electrons. The second-order valence-electron chi connectivity index (χ2n) is 28.6. The van der Waals surface area contributed by atoms with Gasteiger partial charge in [0.1, 0.15) is 22.3 Å². The first-order valence-electron chi connectivity index (χ1n) is 37.4. The number of hydrogen-bond acceptors (Lipinski definition) is 6. The molecule has 0 spiro atoms. The Hall–Kier alpha value is -13.9. The lowest BCUT2D eigenvalue weighted by molar-refractivity contribution is 0.672. The molecular formula is C104H64N2O2S2. The van der Waals surface area contributed by atoms with E-state index < -0.39 is 0 Å². The minimum atomic E-state index is 0.850. The van der Waals surface area contributed by atoms with E-state index in [9.17, 15) is 0 Å². The molecule has 0 aliphatic heterocycles. The summed E-state index contributed by atoms with van der Waals surface area (Å²) in [5.41, 5.74) is 26.0. The van der Waals surface area contributed by atoms with Gasteiger partial charge in [-0.15, -0.1) is 22.7 Å². The fraction of sp³-hybridized carbons (Fsp3) is 0. The van der Waals surface area contributed by atoms with E-state index in [1.807, 2.05) is 22.7 Å². The average Bonchev–Trinajstić information content (AvgIpc) is 1.58. The molecule has 0 unspecified atom stereocenters. The van der Waals surface area contributed by atoms with Gasteiger partial charge in [-0.1, -0.05) is 255 Å². The number of para-hydroxylation sites is 2. The van der Waals surface area contributed by atoms with Crippen LogP contribution in [0, 0.1) is 0 Å². The van der Waals surface area contributed by atoms with Gasteiger partial charge in [0.25, 0.3) is 0 Å². The fourth-order valence-electron chi connectivity index (χ4n) is 17.0. The van der Waals surface area contributed by atoms with Gasteiger partial charge in [-0.3, -0.25) is 0 Å². The number of rotatable bonds is 13. The van der Waals surface area contributed by atoms with Crippen molar-refractivity contribution in [2.45, 2.75) is 0 Å². The Morgan fingerprint density at radius 2 is 0.564 bits per heavy atom. The van der Waals surface area contributed by atoms with E-state index >= 15 is 0 Å². The van der Waals surface area contributed by atoms with Crippen molar-refractivity contribution in [2.75, 3.05) is 9.80 Å². The molecule has 0 fully saturated rings. The first kappa shape index (κ1) is 63.4. The molecule has 0 aliphatic rings. The number of thiophene rings is 2. The summed E-state index contributed by atoms with van der Waals surface area (Å²) in [6, 6.07) is 142. The van der Waals surface area contributed by atoms with Crippen molar-refractivity contribution in [1.82, 2.24) is 0 Å².